The Morgan fingerprint density at radius 1 is 1.16 bits per heavy atom. The Hall–Kier alpha value is -2.46. The minimum atomic E-state index is -4.57. The van der Waals surface area contributed by atoms with Crippen LogP contribution in [0.25, 0.3) is 10.9 Å². The molecule has 3 N–H and O–H groups in total. The van der Waals surface area contributed by atoms with E-state index in [9.17, 15) is 27.1 Å². The van der Waals surface area contributed by atoms with E-state index in [4.69, 9.17) is 0 Å². The predicted molar refractivity (Wildman–Crippen MR) is 90.1 cm³/mol. The van der Waals surface area contributed by atoms with Gasteiger partial charge in [0, 0.05) is 10.9 Å². The first-order valence-electron chi connectivity index (χ1n) is 6.72. The molecule has 0 saturated heterocycles. The van der Waals surface area contributed by atoms with Gasteiger partial charge < -0.3 is 10.1 Å². The highest BCUT2D eigenvalue weighted by Crippen LogP contribution is 2.31. The summed E-state index contributed by atoms with van der Waals surface area (Å²) in [6.07, 6.45) is 0. The normalized spacial score (nSPS) is 11.6. The second kappa shape index (κ2) is 6.12. The Kier molecular flexibility index (Phi) is 4.25. The minimum absolute atomic E-state index is 0.234. The third kappa shape index (κ3) is 3.10. The number of aromatic amines is 1. The van der Waals surface area contributed by atoms with Gasteiger partial charge in [-0.3, -0.25) is 4.72 Å². The van der Waals surface area contributed by atoms with E-state index in [1.54, 1.807) is 18.2 Å². The highest BCUT2D eigenvalue weighted by molar-refractivity contribution is 9.10. The van der Waals surface area contributed by atoms with E-state index in [-0.39, 0.29) is 15.5 Å². The van der Waals surface area contributed by atoms with Gasteiger partial charge in [-0.1, -0.05) is 18.2 Å². The summed E-state index contributed by atoms with van der Waals surface area (Å²) in [5, 5.41) is 9.54. The van der Waals surface area contributed by atoms with Crippen molar-refractivity contribution in [3.05, 3.63) is 58.2 Å². The number of H-pyrrole nitrogens is 1. The van der Waals surface area contributed by atoms with Crippen molar-refractivity contribution in [2.45, 2.75) is 4.90 Å². The van der Waals surface area contributed by atoms with E-state index in [0.29, 0.717) is 17.6 Å². The van der Waals surface area contributed by atoms with Crippen molar-refractivity contribution >= 4 is 48.5 Å². The van der Waals surface area contributed by atoms with Gasteiger partial charge in [-0.25, -0.2) is 22.0 Å². The van der Waals surface area contributed by atoms with Gasteiger partial charge in [0.15, 0.2) is 0 Å². The molecule has 0 aliphatic heterocycles. The van der Waals surface area contributed by atoms with Crippen molar-refractivity contribution in [1.29, 1.82) is 0 Å². The van der Waals surface area contributed by atoms with Crippen LogP contribution in [0.1, 0.15) is 10.5 Å². The lowest BCUT2D eigenvalue weighted by Gasteiger charge is -2.10. The molecule has 0 unspecified atom stereocenters. The quantitative estimate of drug-likeness (QED) is 0.549. The van der Waals surface area contributed by atoms with Crippen LogP contribution in [-0.2, 0) is 10.0 Å². The summed E-state index contributed by atoms with van der Waals surface area (Å²) in [5.41, 5.74) is -0.298. The van der Waals surface area contributed by atoms with E-state index in [1.165, 1.54) is 6.07 Å². The number of fused-ring (bicyclic) bond motifs is 1. The molecule has 0 spiro atoms. The summed E-state index contributed by atoms with van der Waals surface area (Å²) in [4.78, 5) is 13.0. The van der Waals surface area contributed by atoms with Crippen molar-refractivity contribution in [2.75, 3.05) is 4.72 Å². The summed E-state index contributed by atoms with van der Waals surface area (Å²) in [6.45, 7) is 0. The summed E-state index contributed by atoms with van der Waals surface area (Å²) in [6, 6.07) is 7.45. The Morgan fingerprint density at radius 3 is 2.52 bits per heavy atom. The zero-order chi connectivity index (χ0) is 18.4. The molecule has 25 heavy (non-hydrogen) atoms. The maximum atomic E-state index is 14.0. The molecule has 6 nitrogen and oxygen atoms in total. The number of carboxylic acid groups (broad SMARTS) is 1. The van der Waals surface area contributed by atoms with Crippen molar-refractivity contribution in [2.24, 2.45) is 0 Å². The molecule has 10 heteroatoms. The summed E-state index contributed by atoms with van der Waals surface area (Å²) in [5.74, 6) is -3.56. The molecule has 0 radical (unpaired) electrons. The maximum Gasteiger partial charge on any atom is 0.354 e. The van der Waals surface area contributed by atoms with E-state index < -0.39 is 38.2 Å². The van der Waals surface area contributed by atoms with Crippen LogP contribution in [0.2, 0.25) is 0 Å². The van der Waals surface area contributed by atoms with Gasteiger partial charge in [0.05, 0.1) is 10.2 Å². The lowest BCUT2D eigenvalue weighted by molar-refractivity contribution is 0.0692. The predicted octanol–water partition coefficient (Wildman–Crippen LogP) is 3.71. The van der Waals surface area contributed by atoms with Gasteiger partial charge in [-0.05, 0) is 34.1 Å². The number of para-hydroxylation sites is 1. The molecule has 0 amide bonds. The van der Waals surface area contributed by atoms with E-state index in [0.717, 1.165) is 0 Å². The van der Waals surface area contributed by atoms with E-state index in [1.807, 2.05) is 4.72 Å². The Balaban J connectivity index is 2.17. The number of nitrogens with one attached hydrogen (secondary N) is 2. The summed E-state index contributed by atoms with van der Waals surface area (Å²) < 4.78 is 54.3. The molecule has 3 aromatic rings. The van der Waals surface area contributed by atoms with Gasteiger partial charge in [-0.15, -0.1) is 0 Å². The lowest BCUT2D eigenvalue weighted by Crippen LogP contribution is -2.17. The SMILES string of the molecule is O=C(O)c1[nH]c2ccccc2c1NS(=O)(=O)c1cc(F)c(Br)cc1F. The molecule has 0 saturated carbocycles. The third-order valence-corrected chi connectivity index (χ3v) is 5.39. The number of anilines is 1. The highest BCUT2D eigenvalue weighted by atomic mass is 79.9. The Labute approximate surface area is 148 Å². The molecule has 0 fully saturated rings. The molecule has 1 aromatic heterocycles. The fourth-order valence-electron chi connectivity index (χ4n) is 2.31. The van der Waals surface area contributed by atoms with Gasteiger partial charge in [0.25, 0.3) is 10.0 Å². The zero-order valence-corrected chi connectivity index (χ0v) is 14.6. The smallest absolute Gasteiger partial charge is 0.354 e. The topological polar surface area (TPSA) is 99.3 Å². The number of hydrogen-bond acceptors (Lipinski definition) is 3. The molecule has 130 valence electrons. The number of aromatic nitrogens is 1. The maximum absolute atomic E-state index is 14.0. The first kappa shape index (κ1) is 17.4. The number of carbonyl (C=O) groups is 1. The molecule has 3 rings (SSSR count). The van der Waals surface area contributed by atoms with Gasteiger partial charge in [-0.2, -0.15) is 0 Å². The minimum Gasteiger partial charge on any atom is -0.477 e. The summed E-state index contributed by atoms with van der Waals surface area (Å²) in [7, 11) is -4.57. The molecule has 0 aliphatic rings. The van der Waals surface area contributed by atoms with Crippen LogP contribution in [0.4, 0.5) is 14.5 Å². The van der Waals surface area contributed by atoms with Crippen LogP contribution in [0.3, 0.4) is 0 Å². The van der Waals surface area contributed by atoms with Gasteiger partial charge >= 0.3 is 5.97 Å². The lowest BCUT2D eigenvalue weighted by atomic mass is 10.2. The van der Waals surface area contributed by atoms with Crippen molar-refractivity contribution in [3.63, 3.8) is 0 Å². The van der Waals surface area contributed by atoms with Crippen LogP contribution in [0.5, 0.6) is 0 Å². The molecule has 0 aliphatic carbocycles. The van der Waals surface area contributed by atoms with Crippen LogP contribution >= 0.6 is 15.9 Å². The number of hydrogen-bond donors (Lipinski definition) is 3. The summed E-state index contributed by atoms with van der Waals surface area (Å²) >= 11 is 2.76. The van der Waals surface area contributed by atoms with Crippen LogP contribution in [-0.4, -0.2) is 24.5 Å². The number of benzene rings is 2. The number of sulfonamides is 1. The molecule has 2 aromatic carbocycles. The van der Waals surface area contributed by atoms with Crippen LogP contribution < -0.4 is 4.72 Å². The van der Waals surface area contributed by atoms with Crippen LogP contribution in [0, 0.1) is 11.6 Å². The first-order chi connectivity index (χ1) is 11.7. The average Bonchev–Trinajstić information content (AvgIpc) is 2.89. The number of carboxylic acids is 1. The fourth-order valence-corrected chi connectivity index (χ4v) is 3.79. The standard InChI is InChI=1S/C15H9BrF2N2O4S/c16-8-5-10(18)12(6-9(8)17)25(23,24)20-13-7-3-1-2-4-11(7)19-14(13)15(21)22/h1-6,19-20H,(H,21,22). The second-order valence-corrected chi connectivity index (χ2v) is 7.53. The Bertz CT molecular complexity index is 1110. The van der Waals surface area contributed by atoms with Crippen LogP contribution in [0.15, 0.2) is 45.8 Å². The van der Waals surface area contributed by atoms with Gasteiger partial charge in [0.1, 0.15) is 22.2 Å². The molecular weight excluding hydrogens is 422 g/mol. The average molecular weight is 431 g/mol. The highest BCUT2D eigenvalue weighted by Gasteiger charge is 2.26. The van der Waals surface area contributed by atoms with E-state index in [2.05, 4.69) is 20.9 Å². The van der Waals surface area contributed by atoms with Crippen molar-refractivity contribution < 1.29 is 27.1 Å². The molecule has 0 bridgehead atoms. The molecule has 0 atom stereocenters. The van der Waals surface area contributed by atoms with E-state index >= 15 is 0 Å². The van der Waals surface area contributed by atoms with Crippen molar-refractivity contribution in [3.8, 4) is 0 Å². The van der Waals surface area contributed by atoms with Gasteiger partial charge in [0.2, 0.25) is 0 Å². The third-order valence-electron chi connectivity index (χ3n) is 3.42. The fraction of sp³-hybridized carbons (Fsp3) is 0. The molecular formula is C15H9BrF2N2O4S. The number of rotatable bonds is 4. The monoisotopic (exact) mass is 430 g/mol. The largest absolute Gasteiger partial charge is 0.477 e. The zero-order valence-electron chi connectivity index (χ0n) is 12.2. The first-order valence-corrected chi connectivity index (χ1v) is 8.99. The Morgan fingerprint density at radius 2 is 1.84 bits per heavy atom. The number of halogens is 3. The second-order valence-electron chi connectivity index (χ2n) is 5.03. The van der Waals surface area contributed by atoms with Crippen molar-refractivity contribution in [1.82, 2.24) is 4.98 Å². The molecule has 1 heterocycles. The number of aromatic carboxylic acids is 1.